The highest BCUT2D eigenvalue weighted by Gasteiger charge is 2.22. The molecule has 0 saturated carbocycles. The van der Waals surface area contributed by atoms with Crippen LogP contribution in [-0.4, -0.2) is 49.7 Å². The summed E-state index contributed by atoms with van der Waals surface area (Å²) in [6.07, 6.45) is 0. The molecule has 3 aromatic rings. The molecule has 3 rings (SSSR count). The van der Waals surface area contributed by atoms with Crippen molar-refractivity contribution in [1.29, 1.82) is 0 Å². The summed E-state index contributed by atoms with van der Waals surface area (Å²) in [6, 6.07) is 14.1. The van der Waals surface area contributed by atoms with Crippen molar-refractivity contribution >= 4 is 16.8 Å². The Hall–Kier alpha value is -2.99. The third-order valence-electron chi connectivity index (χ3n) is 5.71. The highest BCUT2D eigenvalue weighted by Crippen LogP contribution is 2.29. The minimum Gasteiger partial charge on any atom is -0.497 e. The molecule has 1 aromatic heterocycles. The average Bonchev–Trinajstić information content (AvgIpc) is 3.05. The lowest BCUT2D eigenvalue weighted by Crippen LogP contribution is -2.35. The van der Waals surface area contributed by atoms with Crippen LogP contribution in [0.2, 0.25) is 0 Å². The summed E-state index contributed by atoms with van der Waals surface area (Å²) in [6.45, 7) is 7.88. The highest BCUT2D eigenvalue weighted by atomic mass is 16.5. The van der Waals surface area contributed by atoms with Gasteiger partial charge in [0.1, 0.15) is 17.2 Å². The molecule has 0 bridgehead atoms. The zero-order valence-electron chi connectivity index (χ0n) is 19.4. The molecule has 0 spiro atoms. The number of likely N-dealkylation sites (N-methyl/N-ethyl adjacent to an activating group) is 1. The van der Waals surface area contributed by atoms with Gasteiger partial charge in [0.2, 0.25) is 0 Å². The molecule has 0 saturated heterocycles. The highest BCUT2D eigenvalue weighted by molar-refractivity contribution is 6.02. The van der Waals surface area contributed by atoms with Crippen molar-refractivity contribution in [2.45, 2.75) is 33.4 Å². The number of aromatic nitrogens is 1. The second-order valence-electron chi connectivity index (χ2n) is 7.79. The smallest absolute Gasteiger partial charge is 0.268 e. The first kappa shape index (κ1) is 22.7. The van der Waals surface area contributed by atoms with E-state index in [1.54, 1.807) is 7.11 Å². The molecule has 0 aliphatic carbocycles. The lowest BCUT2D eigenvalue weighted by Gasteiger charge is -2.25. The molecule has 1 unspecified atom stereocenters. The van der Waals surface area contributed by atoms with Crippen LogP contribution < -0.4 is 14.8 Å². The maximum absolute atomic E-state index is 13.3. The molecule has 6 heteroatoms. The molecule has 0 fully saturated rings. The van der Waals surface area contributed by atoms with Gasteiger partial charge >= 0.3 is 0 Å². The van der Waals surface area contributed by atoms with E-state index in [9.17, 15) is 4.79 Å². The van der Waals surface area contributed by atoms with E-state index in [2.05, 4.69) is 21.7 Å². The molecule has 1 atom stereocenters. The summed E-state index contributed by atoms with van der Waals surface area (Å²) in [7, 11) is 5.69. The number of hydrogen-bond acceptors (Lipinski definition) is 4. The minimum absolute atomic E-state index is 0.0548. The molecular formula is C25H33N3O3. The second kappa shape index (κ2) is 9.88. The Labute approximate surface area is 184 Å². The van der Waals surface area contributed by atoms with Crippen LogP contribution in [0.25, 0.3) is 10.9 Å². The zero-order valence-corrected chi connectivity index (χ0v) is 19.4. The number of ether oxygens (including phenoxy) is 2. The Kier molecular flexibility index (Phi) is 7.23. The fourth-order valence-corrected chi connectivity index (χ4v) is 4.08. The van der Waals surface area contributed by atoms with E-state index in [0.717, 1.165) is 40.1 Å². The van der Waals surface area contributed by atoms with Crippen molar-refractivity contribution in [2.75, 3.05) is 34.4 Å². The summed E-state index contributed by atoms with van der Waals surface area (Å²) in [5, 5.41) is 4.21. The SMILES string of the molecule is CCOc1ccc2c(c1)c(C)c(C(=O)NCC(c1ccc(OC)cc1)N(C)C)n2CC. The number of amides is 1. The number of benzene rings is 2. The van der Waals surface area contributed by atoms with Gasteiger partial charge in [-0.3, -0.25) is 4.79 Å². The predicted molar refractivity (Wildman–Crippen MR) is 125 cm³/mol. The molecule has 0 aliphatic heterocycles. The van der Waals surface area contributed by atoms with Gasteiger partial charge in [0, 0.05) is 24.0 Å². The van der Waals surface area contributed by atoms with E-state index in [1.165, 1.54) is 0 Å². The summed E-state index contributed by atoms with van der Waals surface area (Å²) in [5.41, 5.74) is 3.85. The molecule has 1 N–H and O–H groups in total. The van der Waals surface area contributed by atoms with Crippen molar-refractivity contribution in [3.05, 3.63) is 59.3 Å². The number of carbonyl (C=O) groups is 1. The lowest BCUT2D eigenvalue weighted by molar-refractivity contribution is 0.0932. The Balaban J connectivity index is 1.86. The largest absolute Gasteiger partial charge is 0.497 e. The fraction of sp³-hybridized carbons (Fsp3) is 0.400. The van der Waals surface area contributed by atoms with Gasteiger partial charge in [-0.15, -0.1) is 0 Å². The van der Waals surface area contributed by atoms with Gasteiger partial charge in [0.05, 0.1) is 19.8 Å². The summed E-state index contributed by atoms with van der Waals surface area (Å²) >= 11 is 0. The predicted octanol–water partition coefficient (Wildman–Crippen LogP) is 4.41. The maximum Gasteiger partial charge on any atom is 0.268 e. The van der Waals surface area contributed by atoms with E-state index in [0.29, 0.717) is 18.8 Å². The summed E-state index contributed by atoms with van der Waals surface area (Å²) in [4.78, 5) is 15.4. The zero-order chi connectivity index (χ0) is 22.5. The van der Waals surface area contributed by atoms with Gasteiger partial charge in [-0.1, -0.05) is 12.1 Å². The van der Waals surface area contributed by atoms with Gasteiger partial charge in [-0.25, -0.2) is 0 Å². The molecule has 31 heavy (non-hydrogen) atoms. The van der Waals surface area contributed by atoms with E-state index in [4.69, 9.17) is 9.47 Å². The van der Waals surface area contributed by atoms with Crippen molar-refractivity contribution in [3.63, 3.8) is 0 Å². The minimum atomic E-state index is -0.0612. The summed E-state index contributed by atoms with van der Waals surface area (Å²) < 4.78 is 13.0. The van der Waals surface area contributed by atoms with Crippen molar-refractivity contribution < 1.29 is 14.3 Å². The van der Waals surface area contributed by atoms with Crippen LogP contribution in [0.15, 0.2) is 42.5 Å². The maximum atomic E-state index is 13.3. The van der Waals surface area contributed by atoms with E-state index < -0.39 is 0 Å². The monoisotopic (exact) mass is 423 g/mol. The normalized spacial score (nSPS) is 12.2. The molecule has 0 radical (unpaired) electrons. The van der Waals surface area contributed by atoms with Crippen LogP contribution in [0.1, 0.15) is 41.5 Å². The van der Waals surface area contributed by atoms with Gasteiger partial charge in [-0.05, 0) is 76.3 Å². The van der Waals surface area contributed by atoms with Crippen LogP contribution in [0.4, 0.5) is 0 Å². The van der Waals surface area contributed by atoms with Gasteiger partial charge < -0.3 is 24.3 Å². The number of carbonyl (C=O) groups excluding carboxylic acids is 1. The van der Waals surface area contributed by atoms with Crippen molar-refractivity contribution in [1.82, 2.24) is 14.8 Å². The molecule has 1 heterocycles. The molecule has 6 nitrogen and oxygen atoms in total. The Morgan fingerprint density at radius 3 is 2.35 bits per heavy atom. The first-order chi connectivity index (χ1) is 14.9. The number of nitrogens with one attached hydrogen (secondary N) is 1. The summed E-state index contributed by atoms with van der Waals surface area (Å²) in [5.74, 6) is 1.58. The van der Waals surface area contributed by atoms with Crippen molar-refractivity contribution in [3.8, 4) is 11.5 Å². The van der Waals surface area contributed by atoms with Gasteiger partial charge in [-0.2, -0.15) is 0 Å². The average molecular weight is 424 g/mol. The molecule has 0 aliphatic rings. The van der Waals surface area contributed by atoms with Gasteiger partial charge in [0.15, 0.2) is 0 Å². The molecular weight excluding hydrogens is 390 g/mol. The number of fused-ring (bicyclic) bond motifs is 1. The fourth-order valence-electron chi connectivity index (χ4n) is 4.08. The van der Waals surface area contributed by atoms with Crippen LogP contribution in [0.3, 0.4) is 0 Å². The first-order valence-corrected chi connectivity index (χ1v) is 10.7. The standard InChI is InChI=1S/C25H33N3O3/c1-7-28-22-14-13-20(31-8-2)15-21(22)17(3)24(28)25(29)26-16-23(27(4)5)18-9-11-19(30-6)12-10-18/h9-15,23H,7-8,16H2,1-6H3,(H,26,29). The Morgan fingerprint density at radius 1 is 1.10 bits per heavy atom. The number of hydrogen-bond donors (Lipinski definition) is 1. The van der Waals surface area contributed by atoms with Crippen molar-refractivity contribution in [2.24, 2.45) is 0 Å². The first-order valence-electron chi connectivity index (χ1n) is 10.7. The quantitative estimate of drug-likeness (QED) is 0.554. The van der Waals surface area contributed by atoms with E-state index in [1.807, 2.05) is 70.4 Å². The topological polar surface area (TPSA) is 55.7 Å². The Morgan fingerprint density at radius 2 is 1.77 bits per heavy atom. The van der Waals surface area contributed by atoms with Crippen LogP contribution >= 0.6 is 0 Å². The number of methoxy groups -OCH3 is 1. The second-order valence-corrected chi connectivity index (χ2v) is 7.79. The third kappa shape index (κ3) is 4.69. The molecule has 1 amide bonds. The Bertz CT molecular complexity index is 1040. The molecule has 166 valence electrons. The van der Waals surface area contributed by atoms with E-state index in [-0.39, 0.29) is 11.9 Å². The third-order valence-corrected chi connectivity index (χ3v) is 5.71. The molecule has 2 aromatic carbocycles. The van der Waals surface area contributed by atoms with Gasteiger partial charge in [0.25, 0.3) is 5.91 Å². The van der Waals surface area contributed by atoms with Crippen LogP contribution in [0, 0.1) is 6.92 Å². The number of rotatable bonds is 9. The van der Waals surface area contributed by atoms with E-state index >= 15 is 0 Å². The number of aryl methyl sites for hydroxylation is 2. The lowest BCUT2D eigenvalue weighted by atomic mass is 10.1. The number of nitrogens with zero attached hydrogens (tertiary/aromatic N) is 2. The van der Waals surface area contributed by atoms with Crippen LogP contribution in [0.5, 0.6) is 11.5 Å². The van der Waals surface area contributed by atoms with Crippen LogP contribution in [-0.2, 0) is 6.54 Å².